The Morgan fingerprint density at radius 1 is 1.46 bits per heavy atom. The molecule has 1 unspecified atom stereocenters. The first-order valence-electron chi connectivity index (χ1n) is 3.56. The van der Waals surface area contributed by atoms with Gasteiger partial charge in [-0.1, -0.05) is 0 Å². The summed E-state index contributed by atoms with van der Waals surface area (Å²) in [5.74, 6) is -0.371. The Labute approximate surface area is 75.9 Å². The van der Waals surface area contributed by atoms with Crippen LogP contribution < -0.4 is 0 Å². The van der Waals surface area contributed by atoms with Crippen LogP contribution in [0.5, 0.6) is 0 Å². The average molecular weight is 199 g/mol. The van der Waals surface area contributed by atoms with Crippen LogP contribution in [0, 0.1) is 5.82 Å². The average Bonchev–Trinajstić information content (AvgIpc) is 2.46. The SMILES string of the molecule is O=S(O)c1c[nH]c2cc(F)ccc12. The van der Waals surface area contributed by atoms with Crippen LogP contribution in [0.15, 0.2) is 29.3 Å². The molecular weight excluding hydrogens is 193 g/mol. The molecule has 2 rings (SSSR count). The summed E-state index contributed by atoms with van der Waals surface area (Å²) in [4.78, 5) is 2.99. The van der Waals surface area contributed by atoms with Crippen LogP contribution in [0.1, 0.15) is 0 Å². The van der Waals surface area contributed by atoms with Gasteiger partial charge in [0.2, 0.25) is 0 Å². The first kappa shape index (κ1) is 8.40. The molecule has 2 N–H and O–H groups in total. The first-order chi connectivity index (χ1) is 6.18. The molecule has 0 aliphatic heterocycles. The van der Waals surface area contributed by atoms with Crippen LogP contribution in [-0.4, -0.2) is 13.7 Å². The highest BCUT2D eigenvalue weighted by atomic mass is 32.2. The smallest absolute Gasteiger partial charge is 0.188 e. The quantitative estimate of drug-likeness (QED) is 0.689. The van der Waals surface area contributed by atoms with E-state index in [2.05, 4.69) is 4.98 Å². The lowest BCUT2D eigenvalue weighted by molar-refractivity contribution is 0.565. The van der Waals surface area contributed by atoms with E-state index >= 15 is 0 Å². The monoisotopic (exact) mass is 199 g/mol. The topological polar surface area (TPSA) is 53.1 Å². The zero-order valence-corrected chi connectivity index (χ0v) is 7.27. The maximum Gasteiger partial charge on any atom is 0.188 e. The summed E-state index contributed by atoms with van der Waals surface area (Å²) in [5, 5.41) is 0.572. The summed E-state index contributed by atoms with van der Waals surface area (Å²) in [6, 6.07) is 4.02. The second kappa shape index (κ2) is 2.93. The van der Waals surface area contributed by atoms with E-state index in [0.29, 0.717) is 10.9 Å². The highest BCUT2D eigenvalue weighted by molar-refractivity contribution is 7.79. The molecule has 0 aliphatic carbocycles. The van der Waals surface area contributed by atoms with Crippen molar-refractivity contribution in [1.29, 1.82) is 0 Å². The predicted molar refractivity (Wildman–Crippen MR) is 47.3 cm³/mol. The van der Waals surface area contributed by atoms with Crippen LogP contribution in [0.2, 0.25) is 0 Å². The van der Waals surface area contributed by atoms with Crippen LogP contribution in [0.25, 0.3) is 10.9 Å². The van der Waals surface area contributed by atoms with Crippen molar-refractivity contribution in [3.63, 3.8) is 0 Å². The maximum atomic E-state index is 12.7. The molecule has 3 nitrogen and oxygen atoms in total. The van der Waals surface area contributed by atoms with Crippen molar-refractivity contribution in [3.05, 3.63) is 30.2 Å². The van der Waals surface area contributed by atoms with Crippen molar-refractivity contribution in [2.75, 3.05) is 0 Å². The van der Waals surface area contributed by atoms with Crippen LogP contribution in [-0.2, 0) is 11.1 Å². The van der Waals surface area contributed by atoms with Gasteiger partial charge in [-0.15, -0.1) is 0 Å². The van der Waals surface area contributed by atoms with Crippen molar-refractivity contribution in [1.82, 2.24) is 4.98 Å². The highest BCUT2D eigenvalue weighted by Crippen LogP contribution is 2.21. The summed E-state index contributed by atoms with van der Waals surface area (Å²) < 4.78 is 32.3. The van der Waals surface area contributed by atoms with E-state index in [1.165, 1.54) is 24.4 Å². The number of halogens is 1. The number of hydrogen-bond acceptors (Lipinski definition) is 1. The van der Waals surface area contributed by atoms with E-state index in [9.17, 15) is 8.60 Å². The Morgan fingerprint density at radius 2 is 2.23 bits per heavy atom. The van der Waals surface area contributed by atoms with E-state index in [-0.39, 0.29) is 10.7 Å². The summed E-state index contributed by atoms with van der Waals surface area (Å²) >= 11 is -2.03. The van der Waals surface area contributed by atoms with Crippen molar-refractivity contribution in [2.24, 2.45) is 0 Å². The molecule has 0 fully saturated rings. The molecule has 1 atom stereocenters. The van der Waals surface area contributed by atoms with Gasteiger partial charge in [-0.25, -0.2) is 8.60 Å². The van der Waals surface area contributed by atoms with Crippen molar-refractivity contribution in [2.45, 2.75) is 4.90 Å². The molecule has 2 aromatic rings. The van der Waals surface area contributed by atoms with Crippen molar-refractivity contribution >= 4 is 22.0 Å². The fourth-order valence-electron chi connectivity index (χ4n) is 1.22. The third-order valence-corrected chi connectivity index (χ3v) is 2.51. The number of aromatic amines is 1. The summed E-state index contributed by atoms with van der Waals surface area (Å²) in [6.45, 7) is 0. The molecule has 5 heteroatoms. The molecule has 0 amide bonds. The molecule has 1 aromatic heterocycles. The lowest BCUT2D eigenvalue weighted by atomic mass is 10.2. The third kappa shape index (κ3) is 1.36. The van der Waals surface area contributed by atoms with Gasteiger partial charge in [0, 0.05) is 17.1 Å². The van der Waals surface area contributed by atoms with Crippen molar-refractivity contribution in [3.8, 4) is 0 Å². The fourth-order valence-corrected chi connectivity index (χ4v) is 1.74. The van der Waals surface area contributed by atoms with Gasteiger partial charge in [0.15, 0.2) is 11.1 Å². The number of fused-ring (bicyclic) bond motifs is 1. The fraction of sp³-hybridized carbons (Fsp3) is 0. The normalized spacial score (nSPS) is 13.4. The van der Waals surface area contributed by atoms with E-state index in [0.717, 1.165) is 0 Å². The number of benzene rings is 1. The Hall–Kier alpha value is -1.20. The predicted octanol–water partition coefficient (Wildman–Crippen LogP) is 1.89. The van der Waals surface area contributed by atoms with Gasteiger partial charge in [-0.05, 0) is 18.2 Å². The Balaban J connectivity index is 2.76. The third-order valence-electron chi connectivity index (χ3n) is 1.79. The van der Waals surface area contributed by atoms with Gasteiger partial charge in [-0.3, -0.25) is 0 Å². The lowest BCUT2D eigenvalue weighted by Crippen LogP contribution is -1.84. The Kier molecular flexibility index (Phi) is 1.90. The highest BCUT2D eigenvalue weighted by Gasteiger charge is 2.08. The summed E-state index contributed by atoms with van der Waals surface area (Å²) in [5.41, 5.74) is 0.525. The maximum absolute atomic E-state index is 12.7. The zero-order chi connectivity index (χ0) is 9.42. The molecule has 0 spiro atoms. The molecule has 0 saturated heterocycles. The molecule has 1 aromatic carbocycles. The van der Waals surface area contributed by atoms with Gasteiger partial charge >= 0.3 is 0 Å². The number of rotatable bonds is 1. The van der Waals surface area contributed by atoms with Gasteiger partial charge < -0.3 is 9.54 Å². The second-order valence-corrected chi connectivity index (χ2v) is 3.53. The Bertz CT molecular complexity index is 480. The lowest BCUT2D eigenvalue weighted by Gasteiger charge is -1.92. The minimum absolute atomic E-state index is 0.273. The summed E-state index contributed by atoms with van der Waals surface area (Å²) in [6.07, 6.45) is 1.40. The molecule has 0 radical (unpaired) electrons. The minimum Gasteiger partial charge on any atom is -0.360 e. The number of H-pyrrole nitrogens is 1. The van der Waals surface area contributed by atoms with E-state index < -0.39 is 11.1 Å². The van der Waals surface area contributed by atoms with E-state index in [1.54, 1.807) is 0 Å². The molecule has 13 heavy (non-hydrogen) atoms. The largest absolute Gasteiger partial charge is 0.360 e. The molecule has 0 bridgehead atoms. The number of hydrogen-bond donors (Lipinski definition) is 2. The van der Waals surface area contributed by atoms with Crippen LogP contribution in [0.4, 0.5) is 4.39 Å². The molecule has 0 aliphatic rings. The van der Waals surface area contributed by atoms with Gasteiger partial charge in [0.25, 0.3) is 0 Å². The van der Waals surface area contributed by atoms with E-state index in [4.69, 9.17) is 4.55 Å². The molecule has 1 heterocycles. The number of nitrogens with one attached hydrogen (secondary N) is 1. The Morgan fingerprint density at radius 3 is 2.92 bits per heavy atom. The van der Waals surface area contributed by atoms with Crippen molar-refractivity contribution < 1.29 is 13.2 Å². The van der Waals surface area contributed by atoms with Gasteiger partial charge in [0.1, 0.15) is 5.82 Å². The molecule has 68 valence electrons. The van der Waals surface area contributed by atoms with Gasteiger partial charge in [-0.2, -0.15) is 0 Å². The molecule has 0 saturated carbocycles. The first-order valence-corrected chi connectivity index (χ1v) is 4.66. The zero-order valence-electron chi connectivity index (χ0n) is 6.45. The van der Waals surface area contributed by atoms with Crippen LogP contribution in [0.3, 0.4) is 0 Å². The number of aromatic nitrogens is 1. The van der Waals surface area contributed by atoms with Crippen LogP contribution >= 0.6 is 0 Å². The molecular formula is C8H6FNO2S. The standard InChI is InChI=1S/C8H6FNO2S/c9-5-1-2-6-7(3-5)10-4-8(6)13(11)12/h1-4,10H,(H,11,12). The minimum atomic E-state index is -2.03. The van der Waals surface area contributed by atoms with E-state index in [1.807, 2.05) is 0 Å². The summed E-state index contributed by atoms with van der Waals surface area (Å²) in [7, 11) is 0. The second-order valence-electron chi connectivity index (χ2n) is 2.59. The van der Waals surface area contributed by atoms with Gasteiger partial charge in [0.05, 0.1) is 4.90 Å².